The van der Waals surface area contributed by atoms with Gasteiger partial charge in [-0.25, -0.2) is 0 Å². The molecule has 6 heteroatoms. The van der Waals surface area contributed by atoms with E-state index in [-0.39, 0.29) is 5.56 Å². The average Bonchev–Trinajstić information content (AvgIpc) is 2.24. The minimum Gasteiger partial charge on any atom is -0.298 e. The van der Waals surface area contributed by atoms with Gasteiger partial charge in [0.25, 0.3) is 0 Å². The summed E-state index contributed by atoms with van der Waals surface area (Å²) in [5.74, 6) is 2.79. The molecule has 1 aromatic rings. The van der Waals surface area contributed by atoms with Gasteiger partial charge in [-0.1, -0.05) is 25.6 Å². The molecular formula is C12H13FO3SSi. The van der Waals surface area contributed by atoms with E-state index in [0.29, 0.717) is 11.8 Å². The molecule has 0 bridgehead atoms. The molecule has 96 valence electrons. The minimum absolute atomic E-state index is 0.0913. The van der Waals surface area contributed by atoms with Crippen molar-refractivity contribution in [2.45, 2.75) is 24.5 Å². The summed E-state index contributed by atoms with van der Waals surface area (Å²) >= 11 is 0. The van der Waals surface area contributed by atoms with Crippen molar-refractivity contribution >= 4 is 24.6 Å². The fourth-order valence-corrected chi connectivity index (χ4v) is 2.23. The monoisotopic (exact) mass is 284 g/mol. The van der Waals surface area contributed by atoms with Crippen molar-refractivity contribution < 1.29 is 17.1 Å². The first-order valence-corrected chi connectivity index (χ1v) is 10.1. The van der Waals surface area contributed by atoms with Crippen LogP contribution in [0.5, 0.6) is 0 Å². The molecule has 3 nitrogen and oxygen atoms in total. The Morgan fingerprint density at radius 2 is 1.83 bits per heavy atom. The summed E-state index contributed by atoms with van der Waals surface area (Å²) in [4.78, 5) is 10.1. The molecule has 0 spiro atoms. The van der Waals surface area contributed by atoms with Crippen LogP contribution in [0.3, 0.4) is 0 Å². The van der Waals surface area contributed by atoms with E-state index in [9.17, 15) is 17.1 Å². The van der Waals surface area contributed by atoms with Crippen LogP contribution < -0.4 is 0 Å². The van der Waals surface area contributed by atoms with Crippen molar-refractivity contribution in [3.8, 4) is 11.5 Å². The van der Waals surface area contributed by atoms with E-state index in [2.05, 4.69) is 11.5 Å². The molecular weight excluding hydrogens is 271 g/mol. The highest BCUT2D eigenvalue weighted by atomic mass is 32.3. The number of carbonyl (C=O) groups excluding carboxylic acids is 1. The van der Waals surface area contributed by atoms with Crippen LogP contribution in [0, 0.1) is 11.5 Å². The maximum atomic E-state index is 12.9. The Labute approximate surface area is 107 Å². The molecule has 0 atom stereocenters. The van der Waals surface area contributed by atoms with Crippen molar-refractivity contribution in [1.82, 2.24) is 0 Å². The van der Waals surface area contributed by atoms with Crippen molar-refractivity contribution in [3.63, 3.8) is 0 Å². The van der Waals surface area contributed by atoms with Gasteiger partial charge in [-0.15, -0.1) is 9.43 Å². The lowest BCUT2D eigenvalue weighted by atomic mass is 10.1. The van der Waals surface area contributed by atoms with Crippen molar-refractivity contribution in [3.05, 3.63) is 29.3 Å². The predicted molar refractivity (Wildman–Crippen MR) is 70.3 cm³/mol. The van der Waals surface area contributed by atoms with Crippen molar-refractivity contribution in [2.75, 3.05) is 0 Å². The average molecular weight is 284 g/mol. The second-order valence-corrected chi connectivity index (χ2v) is 10.9. The zero-order valence-corrected chi connectivity index (χ0v) is 12.1. The Kier molecular flexibility index (Phi) is 4.09. The summed E-state index contributed by atoms with van der Waals surface area (Å²) in [5.41, 5.74) is 3.45. The normalized spacial score (nSPS) is 11.6. The first kappa shape index (κ1) is 14.6. The summed E-state index contributed by atoms with van der Waals surface area (Å²) in [5, 5.41) is 0. The molecule has 0 radical (unpaired) electrons. The van der Waals surface area contributed by atoms with Gasteiger partial charge in [0, 0.05) is 11.1 Å². The van der Waals surface area contributed by atoms with E-state index < -0.39 is 23.2 Å². The second kappa shape index (κ2) is 5.04. The zero-order valence-electron chi connectivity index (χ0n) is 10.3. The first-order chi connectivity index (χ1) is 8.12. The highest BCUT2D eigenvalue weighted by molar-refractivity contribution is 7.86. The molecule has 1 aromatic carbocycles. The Bertz CT molecular complexity index is 634. The van der Waals surface area contributed by atoms with Crippen LogP contribution in [0.15, 0.2) is 23.1 Å². The third kappa shape index (κ3) is 4.43. The molecule has 0 aliphatic carbocycles. The molecule has 0 saturated heterocycles. The quantitative estimate of drug-likeness (QED) is 0.363. The molecule has 0 saturated carbocycles. The van der Waals surface area contributed by atoms with Gasteiger partial charge in [-0.05, 0) is 18.2 Å². The van der Waals surface area contributed by atoms with E-state index in [4.69, 9.17) is 0 Å². The highest BCUT2D eigenvalue weighted by Crippen LogP contribution is 2.16. The predicted octanol–water partition coefficient (Wildman–Crippen LogP) is 2.39. The SMILES string of the molecule is C[Si](C)(C)C#Cc1cc(C=O)cc(S(=O)(=O)F)c1. The van der Waals surface area contributed by atoms with Crippen LogP contribution in [0.2, 0.25) is 19.6 Å². The Hall–Kier alpha value is -1.45. The standard InChI is InChI=1S/C12H13FO3SSi/c1-18(2,3)5-4-10-6-11(9-14)8-12(7-10)17(13,15)16/h6-9H,1-3H3. The molecule has 1 rings (SSSR count). The molecule has 0 amide bonds. The minimum atomic E-state index is -4.83. The summed E-state index contributed by atoms with van der Waals surface area (Å²) in [6, 6.07) is 3.56. The lowest BCUT2D eigenvalue weighted by Gasteiger charge is -2.04. The van der Waals surface area contributed by atoms with Crippen molar-refractivity contribution in [2.24, 2.45) is 0 Å². The summed E-state index contributed by atoms with van der Waals surface area (Å²) < 4.78 is 34.6. The van der Waals surface area contributed by atoms with Crippen LogP contribution in [-0.4, -0.2) is 22.8 Å². The smallest absolute Gasteiger partial charge is 0.298 e. The van der Waals surface area contributed by atoms with Crippen LogP contribution >= 0.6 is 0 Å². The molecule has 0 unspecified atom stereocenters. The lowest BCUT2D eigenvalue weighted by Crippen LogP contribution is -2.16. The number of aldehydes is 1. The van der Waals surface area contributed by atoms with Crippen molar-refractivity contribution in [1.29, 1.82) is 0 Å². The van der Waals surface area contributed by atoms with Crippen LogP contribution in [0.25, 0.3) is 0 Å². The number of hydrogen-bond acceptors (Lipinski definition) is 3. The maximum absolute atomic E-state index is 12.9. The van der Waals surface area contributed by atoms with Crippen LogP contribution in [-0.2, 0) is 10.2 Å². The van der Waals surface area contributed by atoms with Gasteiger partial charge in [0.15, 0.2) is 0 Å². The number of carbonyl (C=O) groups is 1. The Balaban J connectivity index is 3.37. The van der Waals surface area contributed by atoms with Gasteiger partial charge in [0.1, 0.15) is 19.3 Å². The topological polar surface area (TPSA) is 51.2 Å². The highest BCUT2D eigenvalue weighted by Gasteiger charge is 2.14. The van der Waals surface area contributed by atoms with E-state index in [1.54, 1.807) is 0 Å². The van der Waals surface area contributed by atoms with Crippen LogP contribution in [0.1, 0.15) is 15.9 Å². The molecule has 0 aromatic heterocycles. The number of rotatable bonds is 2. The Morgan fingerprint density at radius 1 is 1.22 bits per heavy atom. The molecule has 0 aliphatic rings. The van der Waals surface area contributed by atoms with Gasteiger partial charge >= 0.3 is 10.2 Å². The second-order valence-electron chi connectivity index (χ2n) is 4.85. The summed E-state index contributed by atoms with van der Waals surface area (Å²) in [6.45, 7) is 6.07. The first-order valence-electron chi connectivity index (χ1n) is 5.20. The van der Waals surface area contributed by atoms with E-state index in [1.165, 1.54) is 6.07 Å². The summed E-state index contributed by atoms with van der Waals surface area (Å²) in [7, 11) is -6.45. The molecule has 18 heavy (non-hydrogen) atoms. The maximum Gasteiger partial charge on any atom is 0.332 e. The molecule has 0 N–H and O–H groups in total. The lowest BCUT2D eigenvalue weighted by molar-refractivity contribution is 0.112. The third-order valence-corrected chi connectivity index (χ3v) is 3.60. The van der Waals surface area contributed by atoms with E-state index >= 15 is 0 Å². The van der Waals surface area contributed by atoms with Gasteiger partial charge in [-0.2, -0.15) is 8.42 Å². The van der Waals surface area contributed by atoms with Gasteiger partial charge in [0.05, 0.1) is 0 Å². The number of benzene rings is 1. The van der Waals surface area contributed by atoms with Gasteiger partial charge in [0.2, 0.25) is 0 Å². The largest absolute Gasteiger partial charge is 0.332 e. The van der Waals surface area contributed by atoms with Gasteiger partial charge < -0.3 is 0 Å². The summed E-state index contributed by atoms with van der Waals surface area (Å²) in [6.07, 6.45) is 0.467. The number of hydrogen-bond donors (Lipinski definition) is 0. The number of halogens is 1. The van der Waals surface area contributed by atoms with E-state index in [0.717, 1.165) is 12.1 Å². The zero-order chi connectivity index (χ0) is 14.0. The third-order valence-electron chi connectivity index (χ3n) is 1.93. The Morgan fingerprint density at radius 3 is 2.28 bits per heavy atom. The molecule has 0 fully saturated rings. The fourth-order valence-electron chi connectivity index (χ4n) is 1.16. The fraction of sp³-hybridized carbons (Fsp3) is 0.250. The van der Waals surface area contributed by atoms with Gasteiger partial charge in [-0.3, -0.25) is 4.79 Å². The molecule has 0 heterocycles. The molecule has 0 aliphatic heterocycles. The van der Waals surface area contributed by atoms with E-state index in [1.807, 2.05) is 19.6 Å². The van der Waals surface area contributed by atoms with Crippen LogP contribution in [0.4, 0.5) is 3.89 Å².